The highest BCUT2D eigenvalue weighted by molar-refractivity contribution is 5.45. The standard InChI is InChI=1S/C15H22N2O/c16-13-2-1-11-5-7-17(8-6-12(11)9-13)14-3-4-15(18)10-14/h1-2,9,14-15,18H,3-8,10,16H2. The van der Waals surface area contributed by atoms with Crippen LogP contribution in [-0.2, 0) is 12.8 Å². The van der Waals surface area contributed by atoms with Crippen LogP contribution >= 0.6 is 0 Å². The highest BCUT2D eigenvalue weighted by Gasteiger charge is 2.28. The molecule has 0 radical (unpaired) electrons. The molecule has 2 atom stereocenters. The van der Waals surface area contributed by atoms with E-state index in [0.29, 0.717) is 6.04 Å². The molecule has 1 heterocycles. The zero-order chi connectivity index (χ0) is 12.5. The topological polar surface area (TPSA) is 49.5 Å². The summed E-state index contributed by atoms with van der Waals surface area (Å²) in [5.41, 5.74) is 9.60. The van der Waals surface area contributed by atoms with E-state index in [1.54, 1.807) is 0 Å². The van der Waals surface area contributed by atoms with Crippen molar-refractivity contribution in [3.63, 3.8) is 0 Å². The van der Waals surface area contributed by atoms with Crippen LogP contribution in [0.3, 0.4) is 0 Å². The number of anilines is 1. The Hall–Kier alpha value is -1.06. The lowest BCUT2D eigenvalue weighted by Gasteiger charge is -2.26. The molecule has 1 saturated carbocycles. The van der Waals surface area contributed by atoms with Crippen LogP contribution in [0.4, 0.5) is 5.69 Å². The van der Waals surface area contributed by atoms with Crippen molar-refractivity contribution >= 4 is 5.69 Å². The van der Waals surface area contributed by atoms with Crippen LogP contribution in [0.15, 0.2) is 18.2 Å². The van der Waals surface area contributed by atoms with Crippen LogP contribution in [0.5, 0.6) is 0 Å². The quantitative estimate of drug-likeness (QED) is 0.740. The Balaban J connectivity index is 1.71. The summed E-state index contributed by atoms with van der Waals surface area (Å²) in [5.74, 6) is 0. The van der Waals surface area contributed by atoms with E-state index in [2.05, 4.69) is 17.0 Å². The fourth-order valence-electron chi connectivity index (χ4n) is 3.39. The number of hydrogen-bond donors (Lipinski definition) is 2. The van der Waals surface area contributed by atoms with Crippen LogP contribution in [0.25, 0.3) is 0 Å². The Morgan fingerprint density at radius 1 is 1.11 bits per heavy atom. The molecule has 98 valence electrons. The minimum absolute atomic E-state index is 0.0729. The fourth-order valence-corrected chi connectivity index (χ4v) is 3.39. The number of aliphatic hydroxyl groups is 1. The van der Waals surface area contributed by atoms with Gasteiger partial charge in [0.1, 0.15) is 0 Å². The number of benzene rings is 1. The van der Waals surface area contributed by atoms with Gasteiger partial charge in [-0.05, 0) is 55.4 Å². The van der Waals surface area contributed by atoms with Gasteiger partial charge in [0.05, 0.1) is 6.10 Å². The highest BCUT2D eigenvalue weighted by Crippen LogP contribution is 2.27. The van der Waals surface area contributed by atoms with Gasteiger partial charge in [-0.15, -0.1) is 0 Å². The molecule has 18 heavy (non-hydrogen) atoms. The number of nitrogens with zero attached hydrogens (tertiary/aromatic N) is 1. The van der Waals surface area contributed by atoms with E-state index < -0.39 is 0 Å². The van der Waals surface area contributed by atoms with Crippen molar-refractivity contribution in [1.29, 1.82) is 0 Å². The molecule has 0 bridgehead atoms. The largest absolute Gasteiger partial charge is 0.399 e. The molecule has 1 aliphatic heterocycles. The molecule has 3 N–H and O–H groups in total. The van der Waals surface area contributed by atoms with Crippen molar-refractivity contribution in [2.45, 2.75) is 44.2 Å². The summed E-state index contributed by atoms with van der Waals surface area (Å²) in [5, 5.41) is 9.67. The SMILES string of the molecule is Nc1ccc2c(c1)CCN(C1CCC(O)C1)CC2. The predicted molar refractivity (Wildman–Crippen MR) is 73.5 cm³/mol. The molecule has 3 heteroatoms. The highest BCUT2D eigenvalue weighted by atomic mass is 16.3. The average Bonchev–Trinajstić information content (AvgIpc) is 2.67. The van der Waals surface area contributed by atoms with Crippen molar-refractivity contribution in [2.75, 3.05) is 18.8 Å². The van der Waals surface area contributed by atoms with Crippen molar-refractivity contribution in [2.24, 2.45) is 0 Å². The Kier molecular flexibility index (Phi) is 3.27. The van der Waals surface area contributed by atoms with E-state index in [0.717, 1.165) is 50.9 Å². The van der Waals surface area contributed by atoms with E-state index in [1.165, 1.54) is 11.1 Å². The van der Waals surface area contributed by atoms with Crippen molar-refractivity contribution in [3.05, 3.63) is 29.3 Å². The molecule has 0 amide bonds. The molecule has 0 aromatic heterocycles. The van der Waals surface area contributed by atoms with Gasteiger partial charge in [0.2, 0.25) is 0 Å². The van der Waals surface area contributed by atoms with Gasteiger partial charge in [0.15, 0.2) is 0 Å². The predicted octanol–water partition coefficient (Wildman–Crippen LogP) is 1.58. The Morgan fingerprint density at radius 3 is 2.61 bits per heavy atom. The summed E-state index contributed by atoms with van der Waals surface area (Å²) in [4.78, 5) is 2.56. The molecule has 1 aromatic rings. The molecular formula is C15H22N2O. The number of fused-ring (bicyclic) bond motifs is 1. The normalized spacial score (nSPS) is 28.9. The average molecular weight is 246 g/mol. The maximum Gasteiger partial charge on any atom is 0.0555 e. The molecule has 1 fully saturated rings. The molecule has 3 nitrogen and oxygen atoms in total. The summed E-state index contributed by atoms with van der Waals surface area (Å²) < 4.78 is 0. The second-order valence-electron chi connectivity index (χ2n) is 5.68. The third kappa shape index (κ3) is 2.38. The van der Waals surface area contributed by atoms with Crippen molar-refractivity contribution in [1.82, 2.24) is 4.90 Å². The van der Waals surface area contributed by atoms with Crippen molar-refractivity contribution in [3.8, 4) is 0 Å². The first-order valence-corrected chi connectivity index (χ1v) is 7.02. The van der Waals surface area contributed by atoms with E-state index in [4.69, 9.17) is 5.73 Å². The first kappa shape index (κ1) is 12.0. The number of aliphatic hydroxyl groups excluding tert-OH is 1. The minimum atomic E-state index is -0.0729. The van der Waals surface area contributed by atoms with E-state index in [1.807, 2.05) is 6.07 Å². The number of hydrogen-bond acceptors (Lipinski definition) is 3. The van der Waals surface area contributed by atoms with E-state index >= 15 is 0 Å². The fraction of sp³-hybridized carbons (Fsp3) is 0.600. The van der Waals surface area contributed by atoms with Crippen LogP contribution in [0.1, 0.15) is 30.4 Å². The summed E-state index contributed by atoms with van der Waals surface area (Å²) in [6, 6.07) is 6.90. The van der Waals surface area contributed by atoms with E-state index in [9.17, 15) is 5.11 Å². The monoisotopic (exact) mass is 246 g/mol. The zero-order valence-corrected chi connectivity index (χ0v) is 10.8. The van der Waals surface area contributed by atoms with Gasteiger partial charge in [-0.2, -0.15) is 0 Å². The summed E-state index contributed by atoms with van der Waals surface area (Å²) in [7, 11) is 0. The summed E-state index contributed by atoms with van der Waals surface area (Å²) in [6.45, 7) is 2.22. The van der Waals surface area contributed by atoms with Gasteiger partial charge in [-0.1, -0.05) is 6.07 Å². The lowest BCUT2D eigenvalue weighted by atomic mass is 10.0. The van der Waals surface area contributed by atoms with Crippen molar-refractivity contribution < 1.29 is 5.11 Å². The lowest BCUT2D eigenvalue weighted by Crippen LogP contribution is -2.35. The van der Waals surface area contributed by atoms with Gasteiger partial charge < -0.3 is 10.8 Å². The molecule has 1 aliphatic carbocycles. The first-order chi connectivity index (χ1) is 8.72. The molecule has 0 saturated heterocycles. The summed E-state index contributed by atoms with van der Waals surface area (Å²) in [6.07, 6.45) is 5.21. The molecule has 3 rings (SSSR count). The Morgan fingerprint density at radius 2 is 1.89 bits per heavy atom. The van der Waals surface area contributed by atoms with Gasteiger partial charge in [0, 0.05) is 24.8 Å². The third-order valence-electron chi connectivity index (χ3n) is 4.46. The smallest absolute Gasteiger partial charge is 0.0555 e. The third-order valence-corrected chi connectivity index (χ3v) is 4.46. The van der Waals surface area contributed by atoms with E-state index in [-0.39, 0.29) is 6.10 Å². The maximum atomic E-state index is 9.67. The lowest BCUT2D eigenvalue weighted by molar-refractivity contribution is 0.153. The minimum Gasteiger partial charge on any atom is -0.399 e. The second kappa shape index (κ2) is 4.90. The molecule has 0 spiro atoms. The molecule has 2 aliphatic rings. The van der Waals surface area contributed by atoms with Gasteiger partial charge in [-0.25, -0.2) is 0 Å². The molecular weight excluding hydrogens is 224 g/mol. The molecule has 2 unspecified atom stereocenters. The maximum absolute atomic E-state index is 9.67. The first-order valence-electron chi connectivity index (χ1n) is 7.02. The second-order valence-corrected chi connectivity index (χ2v) is 5.68. The van der Waals surface area contributed by atoms with Gasteiger partial charge in [0.25, 0.3) is 0 Å². The number of nitrogens with two attached hydrogens (primary N) is 1. The zero-order valence-electron chi connectivity index (χ0n) is 10.8. The van der Waals surface area contributed by atoms with Crippen LogP contribution in [0, 0.1) is 0 Å². The Bertz CT molecular complexity index is 433. The molecule has 1 aromatic carbocycles. The van der Waals surface area contributed by atoms with Gasteiger partial charge >= 0.3 is 0 Å². The van der Waals surface area contributed by atoms with Crippen LogP contribution in [-0.4, -0.2) is 35.2 Å². The van der Waals surface area contributed by atoms with Crippen LogP contribution in [0.2, 0.25) is 0 Å². The number of rotatable bonds is 1. The summed E-state index contributed by atoms with van der Waals surface area (Å²) >= 11 is 0. The van der Waals surface area contributed by atoms with Crippen LogP contribution < -0.4 is 5.73 Å². The number of nitrogen functional groups attached to an aromatic ring is 1. The Labute approximate surface area is 109 Å². The van der Waals surface area contributed by atoms with Gasteiger partial charge in [-0.3, -0.25) is 4.90 Å².